The van der Waals surface area contributed by atoms with Gasteiger partial charge in [-0.05, 0) is 24.6 Å². The summed E-state index contributed by atoms with van der Waals surface area (Å²) in [6.45, 7) is 3.01. The third kappa shape index (κ3) is 3.02. The second-order valence-electron chi connectivity index (χ2n) is 5.44. The zero-order valence-electron chi connectivity index (χ0n) is 12.6. The molecule has 1 aromatic carbocycles. The summed E-state index contributed by atoms with van der Waals surface area (Å²) >= 11 is 0. The van der Waals surface area contributed by atoms with Crippen LogP contribution in [0.15, 0.2) is 32.3 Å². The zero-order chi connectivity index (χ0) is 16.6. The molecule has 2 heterocycles. The van der Waals surface area contributed by atoms with Crippen LogP contribution >= 0.6 is 0 Å². The van der Waals surface area contributed by atoms with Gasteiger partial charge in [0.05, 0.1) is 10.4 Å². The van der Waals surface area contributed by atoms with E-state index >= 15 is 0 Å². The molecule has 0 unspecified atom stereocenters. The normalized spacial score (nSPS) is 17.3. The quantitative estimate of drug-likeness (QED) is 0.851. The highest BCUT2D eigenvalue weighted by Gasteiger charge is 2.27. The molecule has 0 bridgehead atoms. The number of nitrogens with one attached hydrogen (secondary N) is 1. The van der Waals surface area contributed by atoms with E-state index in [1.165, 1.54) is 29.4 Å². The molecular formula is C14H17N3O5S. The molecule has 1 amide bonds. The van der Waals surface area contributed by atoms with Crippen molar-refractivity contribution in [3.05, 3.63) is 28.7 Å². The number of benzene rings is 1. The van der Waals surface area contributed by atoms with E-state index in [1.807, 2.05) is 0 Å². The number of hydrogen-bond donors (Lipinski definition) is 1. The Morgan fingerprint density at radius 2 is 2.00 bits per heavy atom. The van der Waals surface area contributed by atoms with Crippen LogP contribution in [-0.4, -0.2) is 54.7 Å². The van der Waals surface area contributed by atoms with Gasteiger partial charge in [-0.15, -0.1) is 0 Å². The Labute approximate surface area is 132 Å². The fourth-order valence-corrected chi connectivity index (χ4v) is 4.19. The number of H-pyrrole nitrogens is 1. The maximum absolute atomic E-state index is 12.8. The van der Waals surface area contributed by atoms with Gasteiger partial charge in [0, 0.05) is 33.1 Å². The number of aromatic nitrogens is 1. The first-order valence-corrected chi connectivity index (χ1v) is 8.70. The van der Waals surface area contributed by atoms with Crippen LogP contribution in [0.5, 0.6) is 0 Å². The molecule has 1 aliphatic rings. The van der Waals surface area contributed by atoms with Gasteiger partial charge >= 0.3 is 5.76 Å². The first-order chi connectivity index (χ1) is 10.9. The number of nitrogens with zero attached hydrogens (tertiary/aromatic N) is 2. The fraction of sp³-hybridized carbons (Fsp3) is 0.429. The summed E-state index contributed by atoms with van der Waals surface area (Å²) in [6.07, 6.45) is 0.587. The molecule has 23 heavy (non-hydrogen) atoms. The molecule has 0 spiro atoms. The Hall–Kier alpha value is -2.13. The van der Waals surface area contributed by atoms with Crippen LogP contribution < -0.4 is 5.76 Å². The number of hydrogen-bond acceptors (Lipinski definition) is 5. The standard InChI is InChI=1S/C14H17N3O5S/c1-10(18)16-5-2-6-17(8-7-16)23(20,21)11-3-4-13-12(9-11)15-14(19)22-13/h3-4,9H,2,5-8H2,1H3,(H,15,19). The Morgan fingerprint density at radius 1 is 1.22 bits per heavy atom. The van der Waals surface area contributed by atoms with Crippen molar-refractivity contribution in [2.75, 3.05) is 26.2 Å². The molecule has 9 heteroatoms. The molecule has 0 radical (unpaired) electrons. The van der Waals surface area contributed by atoms with Gasteiger partial charge in [-0.2, -0.15) is 4.31 Å². The van der Waals surface area contributed by atoms with Gasteiger partial charge in [0.15, 0.2) is 5.58 Å². The third-order valence-electron chi connectivity index (χ3n) is 3.93. The number of sulfonamides is 1. The topological polar surface area (TPSA) is 104 Å². The molecule has 124 valence electrons. The highest BCUT2D eigenvalue weighted by Crippen LogP contribution is 2.21. The highest BCUT2D eigenvalue weighted by atomic mass is 32.2. The number of fused-ring (bicyclic) bond motifs is 1. The van der Waals surface area contributed by atoms with Crippen LogP contribution in [-0.2, 0) is 14.8 Å². The predicted octanol–water partition coefficient (Wildman–Crippen LogP) is 0.364. The molecule has 8 nitrogen and oxygen atoms in total. The molecule has 0 aliphatic carbocycles. The van der Waals surface area contributed by atoms with E-state index in [4.69, 9.17) is 4.42 Å². The molecule has 0 saturated carbocycles. The average molecular weight is 339 g/mol. The lowest BCUT2D eigenvalue weighted by molar-refractivity contribution is -0.128. The molecule has 1 saturated heterocycles. The minimum atomic E-state index is -3.69. The van der Waals surface area contributed by atoms with E-state index in [2.05, 4.69) is 4.98 Å². The van der Waals surface area contributed by atoms with E-state index < -0.39 is 15.8 Å². The minimum Gasteiger partial charge on any atom is -0.408 e. The lowest BCUT2D eigenvalue weighted by Gasteiger charge is -2.21. The molecule has 1 fully saturated rings. The SMILES string of the molecule is CC(=O)N1CCCN(S(=O)(=O)c2ccc3oc(=O)[nH]c3c2)CC1. The zero-order valence-corrected chi connectivity index (χ0v) is 13.4. The molecule has 1 N–H and O–H groups in total. The van der Waals surface area contributed by atoms with E-state index in [-0.39, 0.29) is 17.3 Å². The Morgan fingerprint density at radius 3 is 2.74 bits per heavy atom. The van der Waals surface area contributed by atoms with Gasteiger partial charge in [0.1, 0.15) is 0 Å². The van der Waals surface area contributed by atoms with Crippen molar-refractivity contribution < 1.29 is 17.6 Å². The summed E-state index contributed by atoms with van der Waals surface area (Å²) in [5.41, 5.74) is 0.656. The Kier molecular flexibility index (Phi) is 3.99. The van der Waals surface area contributed by atoms with Crippen molar-refractivity contribution in [1.29, 1.82) is 0 Å². The second kappa shape index (κ2) is 5.82. The summed E-state index contributed by atoms with van der Waals surface area (Å²) < 4.78 is 31.8. The second-order valence-corrected chi connectivity index (χ2v) is 7.37. The van der Waals surface area contributed by atoms with Gasteiger partial charge in [-0.1, -0.05) is 0 Å². The predicted molar refractivity (Wildman–Crippen MR) is 82.5 cm³/mol. The van der Waals surface area contributed by atoms with Crippen LogP contribution in [0, 0.1) is 0 Å². The maximum Gasteiger partial charge on any atom is 0.417 e. The summed E-state index contributed by atoms with van der Waals surface area (Å²) in [4.78, 5) is 26.8. The number of carbonyl (C=O) groups is 1. The van der Waals surface area contributed by atoms with E-state index in [1.54, 1.807) is 4.90 Å². The molecule has 1 aromatic heterocycles. The van der Waals surface area contributed by atoms with Gasteiger partial charge in [0.2, 0.25) is 15.9 Å². The smallest absolute Gasteiger partial charge is 0.408 e. The van der Waals surface area contributed by atoms with Crippen molar-refractivity contribution >= 4 is 27.0 Å². The van der Waals surface area contributed by atoms with Crippen molar-refractivity contribution in [2.45, 2.75) is 18.2 Å². The van der Waals surface area contributed by atoms with Gasteiger partial charge in [-0.3, -0.25) is 9.78 Å². The van der Waals surface area contributed by atoms with Crippen LogP contribution in [0.25, 0.3) is 11.1 Å². The van der Waals surface area contributed by atoms with Crippen molar-refractivity contribution in [1.82, 2.24) is 14.2 Å². The lowest BCUT2D eigenvalue weighted by atomic mass is 10.3. The van der Waals surface area contributed by atoms with Crippen LogP contribution in [0.4, 0.5) is 0 Å². The molecule has 0 atom stereocenters. The molecule has 1 aliphatic heterocycles. The largest absolute Gasteiger partial charge is 0.417 e. The van der Waals surface area contributed by atoms with Crippen molar-refractivity contribution in [3.8, 4) is 0 Å². The van der Waals surface area contributed by atoms with E-state index in [0.717, 1.165) is 0 Å². The number of carbonyl (C=O) groups excluding carboxylic acids is 1. The summed E-state index contributed by atoms with van der Waals surface area (Å²) in [6, 6.07) is 4.27. The number of rotatable bonds is 2. The minimum absolute atomic E-state index is 0.0540. The molecule has 2 aromatic rings. The summed E-state index contributed by atoms with van der Waals surface area (Å²) in [5, 5.41) is 0. The molecule has 3 rings (SSSR count). The monoisotopic (exact) mass is 339 g/mol. The third-order valence-corrected chi connectivity index (χ3v) is 5.82. The average Bonchev–Trinajstić information content (AvgIpc) is 2.71. The van der Waals surface area contributed by atoms with E-state index in [9.17, 15) is 18.0 Å². The summed E-state index contributed by atoms with van der Waals surface area (Å²) in [5.74, 6) is -0.678. The highest BCUT2D eigenvalue weighted by molar-refractivity contribution is 7.89. The lowest BCUT2D eigenvalue weighted by Crippen LogP contribution is -2.36. The number of oxazole rings is 1. The van der Waals surface area contributed by atoms with Gasteiger partial charge < -0.3 is 9.32 Å². The number of amides is 1. The first kappa shape index (κ1) is 15.8. The van der Waals surface area contributed by atoms with Crippen LogP contribution in [0.2, 0.25) is 0 Å². The fourth-order valence-electron chi connectivity index (χ4n) is 2.69. The van der Waals surface area contributed by atoms with Crippen LogP contribution in [0.3, 0.4) is 0 Å². The van der Waals surface area contributed by atoms with Crippen molar-refractivity contribution in [3.63, 3.8) is 0 Å². The van der Waals surface area contributed by atoms with Gasteiger partial charge in [0.25, 0.3) is 0 Å². The molecular weight excluding hydrogens is 322 g/mol. The first-order valence-electron chi connectivity index (χ1n) is 7.26. The number of aromatic amines is 1. The van der Waals surface area contributed by atoms with Crippen molar-refractivity contribution in [2.24, 2.45) is 0 Å². The van der Waals surface area contributed by atoms with Crippen LogP contribution in [0.1, 0.15) is 13.3 Å². The summed E-state index contributed by atoms with van der Waals surface area (Å²) in [7, 11) is -3.69. The van der Waals surface area contributed by atoms with E-state index in [0.29, 0.717) is 37.2 Å². The Balaban J connectivity index is 1.90. The maximum atomic E-state index is 12.8. The van der Waals surface area contributed by atoms with Gasteiger partial charge in [-0.25, -0.2) is 13.2 Å². The Bertz CT molecular complexity index is 899.